The molecule has 1 saturated heterocycles. The van der Waals surface area contributed by atoms with E-state index in [1.54, 1.807) is 32.6 Å². The van der Waals surface area contributed by atoms with Gasteiger partial charge in [-0.2, -0.15) is 0 Å². The molecule has 0 aliphatic carbocycles. The van der Waals surface area contributed by atoms with Crippen LogP contribution in [0.5, 0.6) is 0 Å². The molecule has 0 unspecified atom stereocenters. The highest BCUT2D eigenvalue weighted by atomic mass is 16.6. The average Bonchev–Trinajstić information content (AvgIpc) is 2.43. The molecule has 0 bridgehead atoms. The van der Waals surface area contributed by atoms with Crippen molar-refractivity contribution >= 4 is 18.0 Å². The Bertz CT molecular complexity index is 493. The van der Waals surface area contributed by atoms with E-state index in [-0.39, 0.29) is 18.5 Å². The third-order valence-electron chi connectivity index (χ3n) is 3.05. The summed E-state index contributed by atoms with van der Waals surface area (Å²) in [4.78, 5) is 36.7. The Kier molecular flexibility index (Phi) is 6.60. The maximum absolute atomic E-state index is 12.0. The van der Waals surface area contributed by atoms with Crippen molar-refractivity contribution < 1.29 is 28.6 Å². The first-order valence-corrected chi connectivity index (χ1v) is 7.69. The van der Waals surface area contributed by atoms with Gasteiger partial charge in [-0.25, -0.2) is 9.59 Å². The van der Waals surface area contributed by atoms with Gasteiger partial charge in [0.1, 0.15) is 5.60 Å². The Balaban J connectivity index is 2.78. The molecule has 1 rings (SSSR count). The van der Waals surface area contributed by atoms with Crippen molar-refractivity contribution in [2.75, 3.05) is 19.7 Å². The van der Waals surface area contributed by atoms with Crippen molar-refractivity contribution in [1.29, 1.82) is 0 Å². The Morgan fingerprint density at radius 1 is 1.13 bits per heavy atom. The minimum Gasteiger partial charge on any atom is -0.460 e. The quantitative estimate of drug-likeness (QED) is 0.343. The van der Waals surface area contributed by atoms with Gasteiger partial charge in [0.25, 0.3) is 0 Å². The van der Waals surface area contributed by atoms with Crippen molar-refractivity contribution in [2.45, 2.75) is 53.1 Å². The molecule has 1 aliphatic rings. The number of carbonyl (C=O) groups excluding carboxylic acids is 3. The molecule has 0 spiro atoms. The van der Waals surface area contributed by atoms with Gasteiger partial charge in [-0.05, 0) is 46.1 Å². The summed E-state index contributed by atoms with van der Waals surface area (Å²) < 4.78 is 15.2. The molecule has 0 saturated carbocycles. The van der Waals surface area contributed by atoms with Crippen LogP contribution in [0.15, 0.2) is 11.3 Å². The van der Waals surface area contributed by atoms with E-state index < -0.39 is 17.5 Å². The van der Waals surface area contributed by atoms with Crippen LogP contribution in [0.2, 0.25) is 0 Å². The zero-order valence-corrected chi connectivity index (χ0v) is 14.4. The molecule has 0 atom stereocenters. The number of carbonyl (C=O) groups is 3. The highest BCUT2D eigenvalue weighted by Gasteiger charge is 2.28. The molecular weight excluding hydrogens is 302 g/mol. The number of rotatable bonds is 3. The summed E-state index contributed by atoms with van der Waals surface area (Å²) in [6.07, 6.45) is 0.475. The Morgan fingerprint density at radius 3 is 2.13 bits per heavy atom. The number of likely N-dealkylation sites (tertiary alicyclic amines) is 1. The maximum atomic E-state index is 12.0. The molecule has 0 aromatic heterocycles. The lowest BCUT2D eigenvalue weighted by molar-refractivity contribution is -0.150. The van der Waals surface area contributed by atoms with Gasteiger partial charge in [0, 0.05) is 20.0 Å². The summed E-state index contributed by atoms with van der Waals surface area (Å²) in [5.74, 6) is -1.28. The lowest BCUT2D eigenvalue weighted by atomic mass is 10.0. The first-order chi connectivity index (χ1) is 10.6. The van der Waals surface area contributed by atoms with Crippen LogP contribution in [-0.2, 0) is 23.8 Å². The number of amides is 1. The molecule has 1 heterocycles. The van der Waals surface area contributed by atoms with E-state index in [9.17, 15) is 14.4 Å². The van der Waals surface area contributed by atoms with E-state index >= 15 is 0 Å². The predicted octanol–water partition coefficient (Wildman–Crippen LogP) is 2.40. The van der Waals surface area contributed by atoms with E-state index in [0.29, 0.717) is 31.5 Å². The van der Waals surface area contributed by atoms with Crippen molar-refractivity contribution in [3.05, 3.63) is 11.3 Å². The molecule has 0 aromatic rings. The number of ether oxygens (including phenoxy) is 3. The molecule has 7 nitrogen and oxygen atoms in total. The SMILES string of the molecule is CCOC(=O)C(OC(C)=O)=C1CCN(C(=O)OC(C)(C)C)CC1. The van der Waals surface area contributed by atoms with Crippen molar-refractivity contribution in [3.8, 4) is 0 Å². The van der Waals surface area contributed by atoms with Crippen LogP contribution in [-0.4, -0.2) is 48.2 Å². The van der Waals surface area contributed by atoms with Crippen molar-refractivity contribution in [1.82, 2.24) is 4.90 Å². The third-order valence-corrected chi connectivity index (χ3v) is 3.05. The fraction of sp³-hybridized carbons (Fsp3) is 0.688. The smallest absolute Gasteiger partial charge is 0.410 e. The lowest BCUT2D eigenvalue weighted by Crippen LogP contribution is -2.40. The van der Waals surface area contributed by atoms with Crippen LogP contribution in [0.3, 0.4) is 0 Å². The monoisotopic (exact) mass is 327 g/mol. The van der Waals surface area contributed by atoms with Crippen LogP contribution >= 0.6 is 0 Å². The molecular formula is C16H25NO6. The summed E-state index contributed by atoms with van der Waals surface area (Å²) >= 11 is 0. The van der Waals surface area contributed by atoms with Gasteiger partial charge in [-0.15, -0.1) is 0 Å². The van der Waals surface area contributed by atoms with Gasteiger partial charge in [0.05, 0.1) is 6.61 Å². The molecule has 0 radical (unpaired) electrons. The molecule has 0 aromatic carbocycles. The molecule has 1 fully saturated rings. The number of hydrogen-bond donors (Lipinski definition) is 0. The second-order valence-corrected chi connectivity index (χ2v) is 6.21. The normalized spacial score (nSPS) is 15.0. The molecule has 23 heavy (non-hydrogen) atoms. The summed E-state index contributed by atoms with van der Waals surface area (Å²) in [6.45, 7) is 9.32. The van der Waals surface area contributed by atoms with E-state index in [1.165, 1.54) is 6.92 Å². The topological polar surface area (TPSA) is 82.1 Å². The highest BCUT2D eigenvalue weighted by molar-refractivity contribution is 5.90. The van der Waals surface area contributed by atoms with E-state index in [4.69, 9.17) is 14.2 Å². The molecule has 130 valence electrons. The summed E-state index contributed by atoms with van der Waals surface area (Å²) in [7, 11) is 0. The Hall–Kier alpha value is -2.05. The number of hydrogen-bond acceptors (Lipinski definition) is 6. The lowest BCUT2D eigenvalue weighted by Gasteiger charge is -2.31. The van der Waals surface area contributed by atoms with Crippen LogP contribution in [0.4, 0.5) is 4.79 Å². The highest BCUT2D eigenvalue weighted by Crippen LogP contribution is 2.23. The first-order valence-electron chi connectivity index (χ1n) is 7.69. The zero-order valence-electron chi connectivity index (χ0n) is 14.4. The van der Waals surface area contributed by atoms with Crippen LogP contribution < -0.4 is 0 Å². The molecule has 0 N–H and O–H groups in total. The van der Waals surface area contributed by atoms with E-state index in [0.717, 1.165) is 0 Å². The standard InChI is InChI=1S/C16H25NO6/c1-6-21-14(19)13(22-11(2)18)12-7-9-17(10-8-12)15(20)23-16(3,4)5/h6-10H2,1-5H3. The molecule has 1 amide bonds. The molecule has 1 aliphatic heterocycles. The summed E-state index contributed by atoms with van der Waals surface area (Å²) in [5, 5.41) is 0. The Morgan fingerprint density at radius 2 is 1.70 bits per heavy atom. The molecule has 7 heteroatoms. The zero-order chi connectivity index (χ0) is 17.6. The van der Waals surface area contributed by atoms with Gasteiger partial charge < -0.3 is 19.1 Å². The van der Waals surface area contributed by atoms with E-state index in [2.05, 4.69) is 0 Å². The summed E-state index contributed by atoms with van der Waals surface area (Å²) in [6, 6.07) is 0. The average molecular weight is 327 g/mol. The van der Waals surface area contributed by atoms with Gasteiger partial charge >= 0.3 is 18.0 Å². The fourth-order valence-corrected chi connectivity index (χ4v) is 2.11. The van der Waals surface area contributed by atoms with Crippen molar-refractivity contribution in [3.63, 3.8) is 0 Å². The van der Waals surface area contributed by atoms with Crippen LogP contribution in [0.25, 0.3) is 0 Å². The van der Waals surface area contributed by atoms with Crippen LogP contribution in [0.1, 0.15) is 47.5 Å². The second-order valence-electron chi connectivity index (χ2n) is 6.21. The first kappa shape index (κ1) is 19.0. The minimum absolute atomic E-state index is 0.0526. The van der Waals surface area contributed by atoms with Crippen LogP contribution in [0, 0.1) is 0 Å². The number of piperidine rings is 1. The largest absolute Gasteiger partial charge is 0.460 e. The van der Waals surface area contributed by atoms with Gasteiger partial charge in [-0.3, -0.25) is 4.79 Å². The predicted molar refractivity (Wildman–Crippen MR) is 82.5 cm³/mol. The van der Waals surface area contributed by atoms with Crippen molar-refractivity contribution in [2.24, 2.45) is 0 Å². The van der Waals surface area contributed by atoms with E-state index in [1.807, 2.05) is 0 Å². The van der Waals surface area contributed by atoms with Gasteiger partial charge in [0.15, 0.2) is 0 Å². The van der Waals surface area contributed by atoms with Gasteiger partial charge in [-0.1, -0.05) is 0 Å². The number of esters is 2. The Labute approximate surface area is 136 Å². The summed E-state index contributed by atoms with van der Waals surface area (Å²) in [5.41, 5.74) is 0.125. The third kappa shape index (κ3) is 6.30. The van der Waals surface area contributed by atoms with Gasteiger partial charge in [0.2, 0.25) is 5.76 Å². The second kappa shape index (κ2) is 7.99. The maximum Gasteiger partial charge on any atom is 0.410 e. The fourth-order valence-electron chi connectivity index (χ4n) is 2.11. The number of nitrogens with zero attached hydrogens (tertiary/aromatic N) is 1. The minimum atomic E-state index is -0.650.